The van der Waals surface area contributed by atoms with Gasteiger partial charge in [0, 0.05) is 25.5 Å². The number of nitro groups is 2. The molecule has 5 N–H and O–H groups in total. The second-order valence-corrected chi connectivity index (χ2v) is 5.56. The Morgan fingerprint density at radius 1 is 1.17 bits per heavy atom. The van der Waals surface area contributed by atoms with E-state index in [1.54, 1.807) is 0 Å². The number of quaternary nitrogens is 1. The van der Waals surface area contributed by atoms with Crippen molar-refractivity contribution in [3.05, 3.63) is 38.4 Å². The molecule has 128 valence electrons. The summed E-state index contributed by atoms with van der Waals surface area (Å²) in [4.78, 5) is 20.4. The summed E-state index contributed by atoms with van der Waals surface area (Å²) in [5, 5.41) is 24.6. The molecule has 10 heteroatoms. The standard InChI is InChI=1S/C13H23N6O4/c1-19(15,8-2-6-14)9-3-7-16-12-5-4-11(17(20)21)10-13(12)18(22)23/h4-5,10,16H,2-3,6-9,14-15H2,1H3/q+1. The highest BCUT2D eigenvalue weighted by molar-refractivity contribution is 5.65. The Labute approximate surface area is 133 Å². The summed E-state index contributed by atoms with van der Waals surface area (Å²) in [6.45, 7) is 2.51. The summed E-state index contributed by atoms with van der Waals surface area (Å²) in [7, 11) is 1.89. The zero-order valence-corrected chi connectivity index (χ0v) is 13.1. The van der Waals surface area contributed by atoms with Gasteiger partial charge in [-0.05, 0) is 12.6 Å². The second kappa shape index (κ2) is 8.36. The molecule has 1 aromatic rings. The minimum absolute atomic E-state index is 0.258. The minimum Gasteiger partial charge on any atom is -0.379 e. The molecule has 10 nitrogen and oxygen atoms in total. The first-order valence-electron chi connectivity index (χ1n) is 7.27. The van der Waals surface area contributed by atoms with Crippen molar-refractivity contribution in [1.29, 1.82) is 0 Å². The second-order valence-electron chi connectivity index (χ2n) is 5.56. The van der Waals surface area contributed by atoms with Gasteiger partial charge in [-0.3, -0.25) is 24.8 Å². The van der Waals surface area contributed by atoms with Gasteiger partial charge in [0.25, 0.3) is 11.4 Å². The van der Waals surface area contributed by atoms with Crippen LogP contribution in [0.4, 0.5) is 17.1 Å². The number of anilines is 1. The summed E-state index contributed by atoms with van der Waals surface area (Å²) in [5.74, 6) is 6.08. The Bertz CT molecular complexity index is 563. The molecule has 1 unspecified atom stereocenters. The molecule has 1 aromatic carbocycles. The topological polar surface area (TPSA) is 150 Å². The molecule has 0 aliphatic heterocycles. The van der Waals surface area contributed by atoms with Gasteiger partial charge in [0.15, 0.2) is 0 Å². The van der Waals surface area contributed by atoms with Crippen molar-refractivity contribution in [2.45, 2.75) is 12.8 Å². The average molecular weight is 327 g/mol. The van der Waals surface area contributed by atoms with Gasteiger partial charge >= 0.3 is 0 Å². The van der Waals surface area contributed by atoms with Crippen molar-refractivity contribution >= 4 is 17.1 Å². The van der Waals surface area contributed by atoms with Gasteiger partial charge in [0.1, 0.15) is 5.69 Å². The minimum atomic E-state index is -0.661. The number of nitrogens with one attached hydrogen (secondary N) is 1. The Morgan fingerprint density at radius 2 is 1.83 bits per heavy atom. The number of nitrogens with zero attached hydrogens (tertiary/aromatic N) is 3. The van der Waals surface area contributed by atoms with E-state index in [1.165, 1.54) is 12.1 Å². The first kappa shape index (κ1) is 18.7. The maximum atomic E-state index is 11.0. The number of nitro benzene ring substituents is 2. The molecule has 0 spiro atoms. The van der Waals surface area contributed by atoms with Crippen molar-refractivity contribution in [2.75, 3.05) is 38.5 Å². The van der Waals surface area contributed by atoms with Gasteiger partial charge in [0.2, 0.25) is 0 Å². The molecular formula is C13H23N6O4+. The maximum Gasteiger partial charge on any atom is 0.299 e. The highest BCUT2D eigenvalue weighted by Crippen LogP contribution is 2.28. The predicted molar refractivity (Wildman–Crippen MR) is 86.6 cm³/mol. The van der Waals surface area contributed by atoms with Crippen LogP contribution in [0.1, 0.15) is 12.8 Å². The van der Waals surface area contributed by atoms with Crippen molar-refractivity contribution in [1.82, 2.24) is 0 Å². The van der Waals surface area contributed by atoms with Gasteiger partial charge in [-0.15, -0.1) is 0 Å². The van der Waals surface area contributed by atoms with E-state index in [0.29, 0.717) is 30.6 Å². The molecule has 0 saturated carbocycles. The molecule has 0 aromatic heterocycles. The lowest BCUT2D eigenvalue weighted by molar-refractivity contribution is -0.921. The van der Waals surface area contributed by atoms with Crippen LogP contribution >= 0.6 is 0 Å². The van der Waals surface area contributed by atoms with Crippen LogP contribution in [-0.2, 0) is 0 Å². The van der Waals surface area contributed by atoms with Crippen LogP contribution in [0.15, 0.2) is 18.2 Å². The number of hydrogen-bond donors (Lipinski definition) is 3. The largest absolute Gasteiger partial charge is 0.379 e. The van der Waals surface area contributed by atoms with Gasteiger partial charge in [-0.25, -0.2) is 0 Å². The van der Waals surface area contributed by atoms with Crippen molar-refractivity contribution in [3.63, 3.8) is 0 Å². The lowest BCUT2D eigenvalue weighted by Crippen LogP contribution is -2.52. The van der Waals surface area contributed by atoms with E-state index in [-0.39, 0.29) is 17.1 Å². The SMILES string of the molecule is C[N+](N)(CCCN)CCCNc1ccc([N+](=O)[O-])cc1[N+](=O)[O-]. The van der Waals surface area contributed by atoms with Crippen LogP contribution in [0, 0.1) is 20.2 Å². The lowest BCUT2D eigenvalue weighted by atomic mass is 10.2. The van der Waals surface area contributed by atoms with Gasteiger partial charge < -0.3 is 11.1 Å². The highest BCUT2D eigenvalue weighted by Gasteiger charge is 2.20. The van der Waals surface area contributed by atoms with Crippen molar-refractivity contribution < 1.29 is 14.4 Å². The van der Waals surface area contributed by atoms with E-state index in [0.717, 1.165) is 19.0 Å². The fourth-order valence-electron chi connectivity index (χ4n) is 2.16. The maximum absolute atomic E-state index is 11.0. The number of rotatable bonds is 10. The van der Waals surface area contributed by atoms with Gasteiger partial charge in [0.05, 0.1) is 36.1 Å². The summed E-state index contributed by atoms with van der Waals surface area (Å²) >= 11 is 0. The molecule has 0 amide bonds. The Hall–Kier alpha value is -2.30. The molecule has 0 fully saturated rings. The number of hydrogen-bond acceptors (Lipinski definition) is 7. The Morgan fingerprint density at radius 3 is 2.39 bits per heavy atom. The lowest BCUT2D eigenvalue weighted by Gasteiger charge is -2.28. The van der Waals surface area contributed by atoms with E-state index < -0.39 is 9.85 Å². The predicted octanol–water partition coefficient (Wildman–Crippen LogP) is 0.974. The summed E-state index contributed by atoms with van der Waals surface area (Å²) in [5.41, 5.74) is 5.09. The molecule has 0 bridgehead atoms. The summed E-state index contributed by atoms with van der Waals surface area (Å²) in [6.07, 6.45) is 1.53. The first-order valence-corrected chi connectivity index (χ1v) is 7.27. The number of nitrogens with two attached hydrogens (primary N) is 2. The smallest absolute Gasteiger partial charge is 0.299 e. The van der Waals surface area contributed by atoms with Crippen LogP contribution < -0.4 is 16.9 Å². The van der Waals surface area contributed by atoms with E-state index >= 15 is 0 Å². The molecule has 1 atom stereocenters. The summed E-state index contributed by atoms with van der Waals surface area (Å²) in [6, 6.07) is 3.54. The molecule has 23 heavy (non-hydrogen) atoms. The fourth-order valence-corrected chi connectivity index (χ4v) is 2.16. The first-order chi connectivity index (χ1) is 10.8. The fraction of sp³-hybridized carbons (Fsp3) is 0.538. The summed E-state index contributed by atoms with van der Waals surface area (Å²) < 4.78 is 0.335. The van der Waals surface area contributed by atoms with E-state index in [1.807, 2.05) is 7.05 Å². The molecule has 0 saturated heterocycles. The van der Waals surface area contributed by atoms with Crippen LogP contribution in [-0.4, -0.2) is 47.7 Å². The molecular weight excluding hydrogens is 304 g/mol. The van der Waals surface area contributed by atoms with Crippen LogP contribution in [0.2, 0.25) is 0 Å². The number of non-ortho nitro benzene ring substituents is 1. The molecule has 0 aliphatic rings. The number of benzene rings is 1. The molecule has 0 heterocycles. The normalized spacial score (nSPS) is 13.3. The third kappa shape index (κ3) is 6.14. The van der Waals surface area contributed by atoms with Gasteiger partial charge in [-0.1, -0.05) is 0 Å². The Balaban J connectivity index is 2.61. The Kier molecular flexibility index (Phi) is 6.82. The van der Waals surface area contributed by atoms with Crippen LogP contribution in [0.3, 0.4) is 0 Å². The van der Waals surface area contributed by atoms with Gasteiger partial charge in [-0.2, -0.15) is 5.84 Å². The quantitative estimate of drug-likeness (QED) is 0.190. The van der Waals surface area contributed by atoms with E-state index in [9.17, 15) is 20.2 Å². The zero-order chi connectivity index (χ0) is 17.5. The van der Waals surface area contributed by atoms with Crippen molar-refractivity contribution in [3.8, 4) is 0 Å². The zero-order valence-electron chi connectivity index (χ0n) is 13.1. The monoisotopic (exact) mass is 327 g/mol. The van der Waals surface area contributed by atoms with Crippen molar-refractivity contribution in [2.24, 2.45) is 11.6 Å². The van der Waals surface area contributed by atoms with E-state index in [2.05, 4.69) is 5.32 Å². The third-order valence-corrected chi connectivity index (χ3v) is 3.42. The van der Waals surface area contributed by atoms with E-state index in [4.69, 9.17) is 11.6 Å². The average Bonchev–Trinajstić information content (AvgIpc) is 2.49. The molecule has 0 radical (unpaired) electrons. The third-order valence-electron chi connectivity index (χ3n) is 3.42. The van der Waals surface area contributed by atoms with Crippen LogP contribution in [0.5, 0.6) is 0 Å². The molecule has 0 aliphatic carbocycles. The highest BCUT2D eigenvalue weighted by atomic mass is 16.6. The molecule has 1 rings (SSSR count). The van der Waals surface area contributed by atoms with Crippen LogP contribution in [0.25, 0.3) is 0 Å².